The highest BCUT2D eigenvalue weighted by Gasteiger charge is 2.39. The van der Waals surface area contributed by atoms with Gasteiger partial charge in [-0.2, -0.15) is 0 Å². The second-order valence-corrected chi connectivity index (χ2v) is 7.00. The largest absolute Gasteiger partial charge is 0.457 e. The van der Waals surface area contributed by atoms with Crippen LogP contribution < -0.4 is 10.1 Å². The molecule has 25 heavy (non-hydrogen) atoms. The summed E-state index contributed by atoms with van der Waals surface area (Å²) < 4.78 is 6.72. The van der Waals surface area contributed by atoms with E-state index in [1.54, 1.807) is 0 Å². The smallest absolute Gasteiger partial charge is 0.279 e. The number of nitrogens with one attached hydrogen (secondary N) is 1. The number of hydrogen-bond donors (Lipinski definition) is 1. The number of fused-ring (bicyclic) bond motifs is 3. The van der Waals surface area contributed by atoms with E-state index in [9.17, 15) is 4.79 Å². The van der Waals surface area contributed by atoms with Crippen LogP contribution in [0, 0.1) is 0 Å². The number of ether oxygens (including phenoxy) is 1. The molecule has 3 aliphatic rings. The number of nitrogens with zero attached hydrogens (tertiary/aromatic N) is 2. The topological polar surface area (TPSA) is 41.6 Å². The summed E-state index contributed by atoms with van der Waals surface area (Å²) in [6, 6.07) is 17.2. The van der Waals surface area contributed by atoms with Crippen molar-refractivity contribution in [3.05, 3.63) is 54.6 Å². The van der Waals surface area contributed by atoms with E-state index < -0.39 is 0 Å². The van der Waals surface area contributed by atoms with Gasteiger partial charge in [0.2, 0.25) is 0 Å². The zero-order valence-electron chi connectivity index (χ0n) is 14.4. The molecule has 3 saturated heterocycles. The van der Waals surface area contributed by atoms with Gasteiger partial charge in [-0.05, 0) is 36.4 Å². The van der Waals surface area contributed by atoms with Crippen LogP contribution in [0.1, 0.15) is 0 Å². The van der Waals surface area contributed by atoms with Crippen molar-refractivity contribution < 1.29 is 14.0 Å². The van der Waals surface area contributed by atoms with Crippen LogP contribution in [0.15, 0.2) is 54.6 Å². The monoisotopic (exact) mass is 338 g/mol. The van der Waals surface area contributed by atoms with E-state index in [1.807, 2.05) is 54.6 Å². The Morgan fingerprint density at radius 3 is 2.16 bits per heavy atom. The van der Waals surface area contributed by atoms with E-state index >= 15 is 0 Å². The maximum Gasteiger partial charge on any atom is 0.279 e. The van der Waals surface area contributed by atoms with Gasteiger partial charge in [-0.1, -0.05) is 18.2 Å². The Balaban J connectivity index is 1.34. The lowest BCUT2D eigenvalue weighted by Gasteiger charge is -2.50. The number of carbonyl (C=O) groups excluding carboxylic acids is 1. The van der Waals surface area contributed by atoms with Gasteiger partial charge in [0, 0.05) is 25.3 Å². The summed E-state index contributed by atoms with van der Waals surface area (Å²) in [5.41, 5.74) is 0.819. The normalized spacial score (nSPS) is 24.7. The third-order valence-electron chi connectivity index (χ3n) is 5.27. The summed E-state index contributed by atoms with van der Waals surface area (Å²) in [6.07, 6.45) is 0. The Kier molecular flexibility index (Phi) is 4.42. The molecule has 1 N–H and O–H groups in total. The lowest BCUT2D eigenvalue weighted by molar-refractivity contribution is -0.933. The fourth-order valence-electron chi connectivity index (χ4n) is 3.70. The highest BCUT2D eigenvalue weighted by molar-refractivity contribution is 5.91. The molecule has 5 heteroatoms. The fourth-order valence-corrected chi connectivity index (χ4v) is 3.70. The van der Waals surface area contributed by atoms with Gasteiger partial charge >= 0.3 is 0 Å². The molecular formula is C20H24N3O2+. The summed E-state index contributed by atoms with van der Waals surface area (Å²) in [7, 11) is 0. The van der Waals surface area contributed by atoms with Crippen LogP contribution in [0.25, 0.3) is 0 Å². The van der Waals surface area contributed by atoms with Crippen LogP contribution in [0.2, 0.25) is 0 Å². The molecule has 0 radical (unpaired) electrons. The average molecular weight is 338 g/mol. The zero-order valence-corrected chi connectivity index (χ0v) is 14.4. The van der Waals surface area contributed by atoms with E-state index in [1.165, 1.54) is 0 Å². The third-order valence-corrected chi connectivity index (χ3v) is 5.27. The second-order valence-electron chi connectivity index (χ2n) is 7.00. The molecule has 3 heterocycles. The van der Waals surface area contributed by atoms with Crippen molar-refractivity contribution in [3.8, 4) is 11.5 Å². The molecule has 0 atom stereocenters. The number of hydrogen-bond acceptors (Lipinski definition) is 3. The Morgan fingerprint density at radius 1 is 0.920 bits per heavy atom. The first-order valence-electron chi connectivity index (χ1n) is 8.91. The Morgan fingerprint density at radius 2 is 1.52 bits per heavy atom. The number of carbonyl (C=O) groups is 1. The summed E-state index contributed by atoms with van der Waals surface area (Å²) >= 11 is 0. The second kappa shape index (κ2) is 6.86. The van der Waals surface area contributed by atoms with E-state index in [0.717, 1.165) is 60.9 Å². The molecule has 0 spiro atoms. The summed E-state index contributed by atoms with van der Waals surface area (Å²) in [4.78, 5) is 15.0. The van der Waals surface area contributed by atoms with Crippen LogP contribution >= 0.6 is 0 Å². The number of quaternary nitrogens is 1. The number of rotatable bonds is 5. The molecule has 5 rings (SSSR count). The van der Waals surface area contributed by atoms with Crippen LogP contribution in [0.3, 0.4) is 0 Å². The minimum absolute atomic E-state index is 0.104. The summed E-state index contributed by atoms with van der Waals surface area (Å²) in [6.45, 7) is 7.23. The summed E-state index contributed by atoms with van der Waals surface area (Å²) in [5, 5.41) is 3.03. The average Bonchev–Trinajstić information content (AvgIpc) is 2.65. The van der Waals surface area contributed by atoms with Crippen LogP contribution in [-0.2, 0) is 4.79 Å². The molecule has 1 amide bonds. The van der Waals surface area contributed by atoms with Crippen molar-refractivity contribution in [1.82, 2.24) is 4.90 Å². The molecule has 2 aromatic rings. The van der Waals surface area contributed by atoms with Crippen molar-refractivity contribution in [2.45, 2.75) is 0 Å². The number of anilines is 1. The molecule has 2 bridgehead atoms. The number of benzene rings is 2. The van der Waals surface area contributed by atoms with Gasteiger partial charge in [-0.25, -0.2) is 0 Å². The van der Waals surface area contributed by atoms with Crippen molar-refractivity contribution in [3.63, 3.8) is 0 Å². The SMILES string of the molecule is O=C(C[N+]12CCN(CC1)CC2)Nc1ccc(Oc2ccccc2)cc1. The molecule has 5 nitrogen and oxygen atoms in total. The molecule has 130 valence electrons. The quantitative estimate of drug-likeness (QED) is 0.852. The Hall–Kier alpha value is -2.37. The number of piperazine rings is 3. The van der Waals surface area contributed by atoms with Crippen LogP contribution in [-0.4, -0.2) is 61.1 Å². The standard InChI is InChI=1S/C20H23N3O2/c24-20(16-23-13-10-22(11-14-23)12-15-23)21-17-6-8-19(9-7-17)25-18-4-2-1-3-5-18/h1-9H,10-16H2/p+1. The first-order chi connectivity index (χ1) is 12.2. The third kappa shape index (κ3) is 3.83. The molecule has 0 aromatic heterocycles. The van der Waals surface area contributed by atoms with Crippen molar-refractivity contribution in [2.75, 3.05) is 51.1 Å². The number of amides is 1. The maximum atomic E-state index is 12.5. The molecule has 2 aromatic carbocycles. The maximum absolute atomic E-state index is 12.5. The van der Waals surface area contributed by atoms with Gasteiger partial charge in [0.25, 0.3) is 5.91 Å². The van der Waals surface area contributed by atoms with Crippen molar-refractivity contribution in [2.24, 2.45) is 0 Å². The minimum Gasteiger partial charge on any atom is -0.457 e. The first-order valence-corrected chi connectivity index (χ1v) is 8.91. The van der Waals surface area contributed by atoms with Gasteiger partial charge in [-0.15, -0.1) is 0 Å². The molecule has 3 fully saturated rings. The van der Waals surface area contributed by atoms with Gasteiger partial charge in [0.05, 0.1) is 19.6 Å². The Labute approximate surface area is 148 Å². The highest BCUT2D eigenvalue weighted by Crippen LogP contribution is 2.23. The predicted octanol–water partition coefficient (Wildman–Crippen LogP) is 2.56. The highest BCUT2D eigenvalue weighted by atomic mass is 16.5. The number of para-hydroxylation sites is 1. The molecule has 3 aliphatic heterocycles. The van der Waals surface area contributed by atoms with E-state index in [-0.39, 0.29) is 5.91 Å². The van der Waals surface area contributed by atoms with E-state index in [0.29, 0.717) is 6.54 Å². The molecule has 0 unspecified atom stereocenters. The van der Waals surface area contributed by atoms with E-state index in [4.69, 9.17) is 4.74 Å². The molecule has 0 aliphatic carbocycles. The minimum atomic E-state index is 0.104. The fraction of sp³-hybridized carbons (Fsp3) is 0.350. The van der Waals surface area contributed by atoms with Crippen molar-refractivity contribution >= 4 is 11.6 Å². The lowest BCUT2D eigenvalue weighted by atomic mass is 10.1. The van der Waals surface area contributed by atoms with Gasteiger partial charge in [-0.3, -0.25) is 9.69 Å². The Bertz CT molecular complexity index is 709. The van der Waals surface area contributed by atoms with Gasteiger partial charge in [0.15, 0.2) is 6.54 Å². The predicted molar refractivity (Wildman–Crippen MR) is 97.8 cm³/mol. The molecular weight excluding hydrogens is 314 g/mol. The lowest BCUT2D eigenvalue weighted by Crippen LogP contribution is -2.68. The first kappa shape index (κ1) is 16.1. The van der Waals surface area contributed by atoms with Gasteiger partial charge in [0.1, 0.15) is 11.5 Å². The van der Waals surface area contributed by atoms with Crippen LogP contribution in [0.5, 0.6) is 11.5 Å². The van der Waals surface area contributed by atoms with Gasteiger partial charge < -0.3 is 14.5 Å². The summed E-state index contributed by atoms with van der Waals surface area (Å²) in [5.74, 6) is 1.67. The molecule has 0 saturated carbocycles. The van der Waals surface area contributed by atoms with Crippen LogP contribution in [0.4, 0.5) is 5.69 Å². The van der Waals surface area contributed by atoms with Crippen molar-refractivity contribution in [1.29, 1.82) is 0 Å². The zero-order chi connectivity index (χ0) is 17.1. The van der Waals surface area contributed by atoms with E-state index in [2.05, 4.69) is 10.2 Å².